The van der Waals surface area contributed by atoms with E-state index in [2.05, 4.69) is 10.1 Å². The zero-order valence-corrected chi connectivity index (χ0v) is 14.0. The molecular weight excluding hydrogens is 296 g/mol. The van der Waals surface area contributed by atoms with Crippen molar-refractivity contribution in [1.82, 2.24) is 5.32 Å². The van der Waals surface area contributed by atoms with Crippen LogP contribution in [0.4, 0.5) is 0 Å². The van der Waals surface area contributed by atoms with Crippen LogP contribution in [0.25, 0.3) is 5.70 Å². The molecule has 3 N–H and O–H groups in total. The number of methoxy groups -OCH3 is 1. The van der Waals surface area contributed by atoms with Crippen LogP contribution in [-0.2, 0) is 19.1 Å². The smallest absolute Gasteiger partial charge is 0.330 e. The lowest BCUT2D eigenvalue weighted by Gasteiger charge is -2.23. The number of amides is 1. The van der Waals surface area contributed by atoms with Crippen LogP contribution >= 0.6 is 0 Å². The molecule has 1 rings (SSSR count). The predicted molar refractivity (Wildman–Crippen MR) is 88.3 cm³/mol. The number of nitrogens with two attached hydrogens (primary N) is 1. The van der Waals surface area contributed by atoms with Crippen molar-refractivity contribution < 1.29 is 19.1 Å². The van der Waals surface area contributed by atoms with Crippen LogP contribution in [0.15, 0.2) is 36.4 Å². The highest BCUT2D eigenvalue weighted by Gasteiger charge is 2.24. The Morgan fingerprint density at radius 2 is 1.87 bits per heavy atom. The summed E-state index contributed by atoms with van der Waals surface area (Å²) in [5.41, 5.74) is 6.48. The second kappa shape index (κ2) is 8.33. The van der Waals surface area contributed by atoms with Gasteiger partial charge in [0.2, 0.25) is 5.91 Å². The van der Waals surface area contributed by atoms with Gasteiger partial charge in [0, 0.05) is 11.8 Å². The van der Waals surface area contributed by atoms with E-state index in [1.54, 1.807) is 12.1 Å². The highest BCUT2D eigenvalue weighted by atomic mass is 16.5. The Hall–Kier alpha value is -2.34. The number of benzene rings is 1. The fourth-order valence-electron chi connectivity index (χ4n) is 1.71. The summed E-state index contributed by atoms with van der Waals surface area (Å²) in [5.74, 6) is -1.06. The fraction of sp³-hybridized carbons (Fsp3) is 0.412. The number of carbonyl (C=O) groups excluding carboxylic acids is 2. The van der Waals surface area contributed by atoms with Gasteiger partial charge in [0.15, 0.2) is 6.04 Å². The highest BCUT2D eigenvalue weighted by Crippen LogP contribution is 2.09. The van der Waals surface area contributed by atoms with E-state index in [1.807, 2.05) is 39.0 Å². The third-order valence-electron chi connectivity index (χ3n) is 2.88. The molecule has 0 spiro atoms. The molecule has 0 heterocycles. The van der Waals surface area contributed by atoms with E-state index >= 15 is 0 Å². The highest BCUT2D eigenvalue weighted by molar-refractivity contribution is 5.96. The molecule has 0 saturated carbocycles. The zero-order chi connectivity index (χ0) is 17.5. The Morgan fingerprint density at radius 1 is 1.26 bits per heavy atom. The molecule has 0 bridgehead atoms. The van der Waals surface area contributed by atoms with E-state index in [1.165, 1.54) is 13.2 Å². The van der Waals surface area contributed by atoms with E-state index in [4.69, 9.17) is 10.5 Å². The van der Waals surface area contributed by atoms with E-state index in [-0.39, 0.29) is 6.61 Å². The molecule has 0 unspecified atom stereocenters. The van der Waals surface area contributed by atoms with Gasteiger partial charge in [-0.2, -0.15) is 0 Å². The van der Waals surface area contributed by atoms with Crippen molar-refractivity contribution in [2.75, 3.05) is 13.7 Å². The zero-order valence-electron chi connectivity index (χ0n) is 14.0. The topological polar surface area (TPSA) is 90.6 Å². The molecule has 1 amide bonds. The van der Waals surface area contributed by atoms with E-state index in [0.29, 0.717) is 5.70 Å². The summed E-state index contributed by atoms with van der Waals surface area (Å²) in [5, 5.41) is 2.55. The maximum absolute atomic E-state index is 12.1. The maximum Gasteiger partial charge on any atom is 0.330 e. The van der Waals surface area contributed by atoms with Gasteiger partial charge in [-0.05, 0) is 26.3 Å². The Bertz CT molecular complexity index is 562. The van der Waals surface area contributed by atoms with Gasteiger partial charge in [0.05, 0.1) is 19.3 Å². The molecule has 1 aromatic rings. The summed E-state index contributed by atoms with van der Waals surface area (Å²) in [6.07, 6.45) is 1.24. The fourth-order valence-corrected chi connectivity index (χ4v) is 1.71. The number of nitrogens with one attached hydrogen (secondary N) is 1. The Balaban J connectivity index is 2.75. The van der Waals surface area contributed by atoms with Crippen LogP contribution in [0.1, 0.15) is 26.3 Å². The number of carbonyl (C=O) groups is 2. The van der Waals surface area contributed by atoms with Crippen LogP contribution in [0.3, 0.4) is 0 Å². The van der Waals surface area contributed by atoms with Crippen LogP contribution in [0.2, 0.25) is 0 Å². The third kappa shape index (κ3) is 6.97. The number of esters is 1. The first-order valence-electron chi connectivity index (χ1n) is 7.28. The molecule has 0 aromatic heterocycles. The molecule has 23 heavy (non-hydrogen) atoms. The molecule has 0 aliphatic rings. The first-order chi connectivity index (χ1) is 10.7. The van der Waals surface area contributed by atoms with Crippen molar-refractivity contribution in [3.05, 3.63) is 42.0 Å². The molecule has 0 aliphatic heterocycles. The predicted octanol–water partition coefficient (Wildman–Crippen LogP) is 1.46. The minimum atomic E-state index is -0.897. The van der Waals surface area contributed by atoms with Crippen LogP contribution in [0, 0.1) is 0 Å². The molecule has 6 heteroatoms. The first kappa shape index (κ1) is 18.7. The van der Waals surface area contributed by atoms with E-state index in [0.717, 1.165) is 5.56 Å². The lowest BCUT2D eigenvalue weighted by Crippen LogP contribution is -2.45. The van der Waals surface area contributed by atoms with Crippen molar-refractivity contribution in [2.45, 2.75) is 32.4 Å². The average Bonchev–Trinajstić information content (AvgIpc) is 2.50. The second-order valence-electron chi connectivity index (χ2n) is 5.97. The lowest BCUT2D eigenvalue weighted by molar-refractivity contribution is -0.148. The summed E-state index contributed by atoms with van der Waals surface area (Å²) in [6, 6.07) is 8.18. The van der Waals surface area contributed by atoms with Gasteiger partial charge >= 0.3 is 5.97 Å². The van der Waals surface area contributed by atoms with Crippen LogP contribution in [-0.4, -0.2) is 37.2 Å². The second-order valence-corrected chi connectivity index (χ2v) is 5.97. The number of hydrogen-bond donors (Lipinski definition) is 2. The number of rotatable bonds is 6. The Kier molecular flexibility index (Phi) is 6.78. The van der Waals surface area contributed by atoms with Crippen molar-refractivity contribution in [1.29, 1.82) is 0 Å². The molecule has 1 atom stereocenters. The van der Waals surface area contributed by atoms with E-state index < -0.39 is 23.5 Å². The normalized spacial score (nSPS) is 13.3. The van der Waals surface area contributed by atoms with Gasteiger partial charge in [0.25, 0.3) is 0 Å². The van der Waals surface area contributed by atoms with Crippen LogP contribution < -0.4 is 11.1 Å². The van der Waals surface area contributed by atoms with Gasteiger partial charge < -0.3 is 20.5 Å². The molecule has 0 saturated heterocycles. The SMILES string of the molecule is COC(=O)[C@H](COC(C)(C)C)NC(=O)/C=C(\N)c1ccccc1. The quantitative estimate of drug-likeness (QED) is 0.612. The Labute approximate surface area is 136 Å². The van der Waals surface area contributed by atoms with Crippen molar-refractivity contribution in [3.63, 3.8) is 0 Å². The van der Waals surface area contributed by atoms with Crippen molar-refractivity contribution in [3.8, 4) is 0 Å². The summed E-state index contributed by atoms with van der Waals surface area (Å²) in [7, 11) is 1.26. The largest absolute Gasteiger partial charge is 0.467 e. The van der Waals surface area contributed by atoms with E-state index in [9.17, 15) is 9.59 Å². The lowest BCUT2D eigenvalue weighted by atomic mass is 10.1. The summed E-state index contributed by atoms with van der Waals surface area (Å²) >= 11 is 0. The molecule has 0 radical (unpaired) electrons. The van der Waals surface area contributed by atoms with Gasteiger partial charge in [-0.25, -0.2) is 4.79 Å². The molecular formula is C17H24N2O4. The number of ether oxygens (including phenoxy) is 2. The monoisotopic (exact) mass is 320 g/mol. The first-order valence-corrected chi connectivity index (χ1v) is 7.28. The maximum atomic E-state index is 12.1. The van der Waals surface area contributed by atoms with Gasteiger partial charge in [-0.3, -0.25) is 4.79 Å². The van der Waals surface area contributed by atoms with Gasteiger partial charge in [-0.15, -0.1) is 0 Å². The minimum absolute atomic E-state index is 0.0149. The van der Waals surface area contributed by atoms with Gasteiger partial charge in [0.1, 0.15) is 0 Å². The summed E-state index contributed by atoms with van der Waals surface area (Å²) in [6.45, 7) is 5.59. The van der Waals surface area contributed by atoms with Crippen molar-refractivity contribution in [2.24, 2.45) is 5.73 Å². The number of hydrogen-bond acceptors (Lipinski definition) is 5. The molecule has 0 aliphatic carbocycles. The van der Waals surface area contributed by atoms with Gasteiger partial charge in [-0.1, -0.05) is 30.3 Å². The summed E-state index contributed by atoms with van der Waals surface area (Å²) < 4.78 is 10.2. The molecule has 126 valence electrons. The van der Waals surface area contributed by atoms with Crippen LogP contribution in [0.5, 0.6) is 0 Å². The molecule has 0 fully saturated rings. The minimum Gasteiger partial charge on any atom is -0.467 e. The molecule has 6 nitrogen and oxygen atoms in total. The average molecular weight is 320 g/mol. The Morgan fingerprint density at radius 3 is 2.39 bits per heavy atom. The van der Waals surface area contributed by atoms with Crippen molar-refractivity contribution >= 4 is 17.6 Å². The third-order valence-corrected chi connectivity index (χ3v) is 2.88. The standard InChI is InChI=1S/C17H24N2O4/c1-17(2,3)23-11-14(16(21)22-4)19-15(20)10-13(18)12-8-6-5-7-9-12/h5-10,14H,11,18H2,1-4H3,(H,19,20)/b13-10-/t14-/m0/s1. The summed E-state index contributed by atoms with van der Waals surface area (Å²) in [4.78, 5) is 23.8. The molecule has 1 aromatic carbocycles.